The van der Waals surface area contributed by atoms with Gasteiger partial charge in [0.25, 0.3) is 0 Å². The summed E-state index contributed by atoms with van der Waals surface area (Å²) in [6.45, 7) is 3.73. The average Bonchev–Trinajstić information content (AvgIpc) is 2.58. The topological polar surface area (TPSA) is 22.0 Å². The number of aldehydes is 1. The molecular formula is C13H11BrFNO. The van der Waals surface area contributed by atoms with E-state index in [0.717, 1.165) is 22.1 Å². The van der Waals surface area contributed by atoms with Gasteiger partial charge in [-0.15, -0.1) is 0 Å². The fourth-order valence-electron chi connectivity index (χ4n) is 1.93. The third kappa shape index (κ3) is 2.05. The van der Waals surface area contributed by atoms with Crippen molar-refractivity contribution in [2.24, 2.45) is 0 Å². The van der Waals surface area contributed by atoms with Crippen LogP contribution in [0.4, 0.5) is 4.39 Å². The normalized spacial score (nSPS) is 10.6. The van der Waals surface area contributed by atoms with Gasteiger partial charge in [0.05, 0.1) is 5.69 Å². The second kappa shape index (κ2) is 4.45. The van der Waals surface area contributed by atoms with Crippen LogP contribution < -0.4 is 0 Å². The molecule has 0 aliphatic carbocycles. The Morgan fingerprint density at radius 3 is 2.59 bits per heavy atom. The first-order chi connectivity index (χ1) is 8.04. The van der Waals surface area contributed by atoms with E-state index in [1.807, 2.05) is 18.4 Å². The number of aryl methyl sites for hydroxylation is 1. The molecular weight excluding hydrogens is 285 g/mol. The Balaban J connectivity index is 2.72. The van der Waals surface area contributed by atoms with Gasteiger partial charge in [-0.2, -0.15) is 0 Å². The van der Waals surface area contributed by atoms with Crippen molar-refractivity contribution in [1.82, 2.24) is 4.57 Å². The van der Waals surface area contributed by atoms with Crippen LogP contribution in [0.25, 0.3) is 5.69 Å². The van der Waals surface area contributed by atoms with E-state index in [4.69, 9.17) is 0 Å². The Kier molecular flexibility index (Phi) is 3.15. The Morgan fingerprint density at radius 2 is 2.00 bits per heavy atom. The highest BCUT2D eigenvalue weighted by atomic mass is 79.9. The SMILES string of the molecule is Cc1cc(C=O)c(C)n1-c1cc(F)ccc1Br. The van der Waals surface area contributed by atoms with Crippen molar-refractivity contribution in [2.75, 3.05) is 0 Å². The maximum absolute atomic E-state index is 13.3. The van der Waals surface area contributed by atoms with Crippen molar-refractivity contribution < 1.29 is 9.18 Å². The molecule has 1 aromatic carbocycles. The molecule has 0 aliphatic rings. The standard InChI is InChI=1S/C13H11BrFNO/c1-8-5-10(7-17)9(2)16(8)13-6-11(15)3-4-12(13)14/h3-7H,1-2H3. The summed E-state index contributed by atoms with van der Waals surface area (Å²) in [5.41, 5.74) is 3.03. The second-order valence-electron chi connectivity index (χ2n) is 3.88. The molecule has 1 heterocycles. The van der Waals surface area contributed by atoms with Gasteiger partial charge in [-0.3, -0.25) is 4.79 Å². The van der Waals surface area contributed by atoms with Crippen LogP contribution in [0.3, 0.4) is 0 Å². The first-order valence-electron chi connectivity index (χ1n) is 5.14. The largest absolute Gasteiger partial charge is 0.317 e. The number of hydrogen-bond donors (Lipinski definition) is 0. The van der Waals surface area contributed by atoms with Crippen LogP contribution in [0.5, 0.6) is 0 Å². The van der Waals surface area contributed by atoms with Crippen molar-refractivity contribution in [2.45, 2.75) is 13.8 Å². The van der Waals surface area contributed by atoms with Gasteiger partial charge in [-0.05, 0) is 54.0 Å². The van der Waals surface area contributed by atoms with Crippen LogP contribution in [0, 0.1) is 19.7 Å². The molecule has 0 amide bonds. The third-order valence-corrected chi connectivity index (χ3v) is 3.42. The minimum absolute atomic E-state index is 0.302. The van der Waals surface area contributed by atoms with Crippen LogP contribution >= 0.6 is 15.9 Å². The lowest BCUT2D eigenvalue weighted by atomic mass is 10.2. The average molecular weight is 296 g/mol. The molecule has 0 N–H and O–H groups in total. The molecule has 0 atom stereocenters. The second-order valence-corrected chi connectivity index (χ2v) is 4.73. The summed E-state index contributed by atoms with van der Waals surface area (Å²) in [6.07, 6.45) is 0.812. The number of carbonyl (C=O) groups is 1. The highest BCUT2D eigenvalue weighted by Crippen LogP contribution is 2.26. The van der Waals surface area contributed by atoms with Crippen molar-refractivity contribution in [3.63, 3.8) is 0 Å². The number of aromatic nitrogens is 1. The Hall–Kier alpha value is -1.42. The monoisotopic (exact) mass is 295 g/mol. The van der Waals surface area contributed by atoms with Crippen molar-refractivity contribution in [3.05, 3.63) is 51.5 Å². The van der Waals surface area contributed by atoms with Gasteiger partial charge in [0.15, 0.2) is 6.29 Å². The molecule has 0 unspecified atom stereocenters. The van der Waals surface area contributed by atoms with Crippen LogP contribution in [-0.2, 0) is 0 Å². The number of nitrogens with zero attached hydrogens (tertiary/aromatic N) is 1. The highest BCUT2D eigenvalue weighted by molar-refractivity contribution is 9.10. The zero-order valence-corrected chi connectivity index (χ0v) is 11.1. The smallest absolute Gasteiger partial charge is 0.151 e. The summed E-state index contributed by atoms with van der Waals surface area (Å²) in [5, 5.41) is 0. The van der Waals surface area contributed by atoms with Crippen LogP contribution in [0.2, 0.25) is 0 Å². The van der Waals surface area contributed by atoms with Crippen molar-refractivity contribution in [1.29, 1.82) is 0 Å². The predicted octanol–water partition coefficient (Wildman–Crippen LogP) is 3.81. The van der Waals surface area contributed by atoms with E-state index in [2.05, 4.69) is 15.9 Å². The molecule has 0 bridgehead atoms. The number of carbonyl (C=O) groups excluding carboxylic acids is 1. The summed E-state index contributed by atoms with van der Waals surface area (Å²) < 4.78 is 15.9. The van der Waals surface area contributed by atoms with Crippen molar-refractivity contribution >= 4 is 22.2 Å². The van der Waals surface area contributed by atoms with E-state index in [9.17, 15) is 9.18 Å². The van der Waals surface area contributed by atoms with Gasteiger partial charge in [0.2, 0.25) is 0 Å². The minimum atomic E-state index is -0.302. The molecule has 1 aromatic heterocycles. The fourth-order valence-corrected chi connectivity index (χ4v) is 2.36. The molecule has 0 saturated carbocycles. The molecule has 2 aromatic rings. The maximum Gasteiger partial charge on any atom is 0.151 e. The van der Waals surface area contributed by atoms with E-state index in [0.29, 0.717) is 11.3 Å². The van der Waals surface area contributed by atoms with E-state index >= 15 is 0 Å². The number of rotatable bonds is 2. The molecule has 4 heteroatoms. The van der Waals surface area contributed by atoms with Crippen LogP contribution in [-0.4, -0.2) is 10.9 Å². The third-order valence-electron chi connectivity index (χ3n) is 2.75. The van der Waals surface area contributed by atoms with Gasteiger partial charge < -0.3 is 4.57 Å². The molecule has 2 rings (SSSR count). The summed E-state index contributed by atoms with van der Waals surface area (Å²) in [6, 6.07) is 6.28. The molecule has 88 valence electrons. The highest BCUT2D eigenvalue weighted by Gasteiger charge is 2.12. The quantitative estimate of drug-likeness (QED) is 0.772. The minimum Gasteiger partial charge on any atom is -0.317 e. The fraction of sp³-hybridized carbons (Fsp3) is 0.154. The molecule has 0 radical (unpaired) electrons. The molecule has 0 saturated heterocycles. The predicted molar refractivity (Wildman–Crippen MR) is 68.3 cm³/mol. The van der Waals surface area contributed by atoms with Gasteiger partial charge in [-0.25, -0.2) is 4.39 Å². The summed E-state index contributed by atoms with van der Waals surface area (Å²) in [5.74, 6) is -0.302. The van der Waals surface area contributed by atoms with Gasteiger partial charge in [-0.1, -0.05) is 0 Å². The van der Waals surface area contributed by atoms with Crippen LogP contribution in [0.1, 0.15) is 21.7 Å². The summed E-state index contributed by atoms with van der Waals surface area (Å²) in [7, 11) is 0. The van der Waals surface area contributed by atoms with Gasteiger partial charge in [0.1, 0.15) is 5.82 Å². The maximum atomic E-state index is 13.3. The first kappa shape index (κ1) is 12.0. The van der Waals surface area contributed by atoms with Crippen LogP contribution in [0.15, 0.2) is 28.7 Å². The molecule has 0 fully saturated rings. The summed E-state index contributed by atoms with van der Waals surface area (Å²) in [4.78, 5) is 10.9. The number of hydrogen-bond acceptors (Lipinski definition) is 1. The Morgan fingerprint density at radius 1 is 1.29 bits per heavy atom. The first-order valence-corrected chi connectivity index (χ1v) is 5.93. The van der Waals surface area contributed by atoms with Crippen molar-refractivity contribution in [3.8, 4) is 5.69 Å². The van der Waals surface area contributed by atoms with Gasteiger partial charge in [0, 0.05) is 21.4 Å². The Bertz CT molecular complexity index is 589. The Labute approximate surface area is 107 Å². The summed E-state index contributed by atoms with van der Waals surface area (Å²) >= 11 is 3.39. The zero-order valence-electron chi connectivity index (χ0n) is 9.50. The molecule has 0 spiro atoms. The van der Waals surface area contributed by atoms with E-state index in [-0.39, 0.29) is 5.82 Å². The molecule has 2 nitrogen and oxygen atoms in total. The lowest BCUT2D eigenvalue weighted by Gasteiger charge is -2.11. The number of benzene rings is 1. The lowest BCUT2D eigenvalue weighted by Crippen LogP contribution is -2.01. The molecule has 17 heavy (non-hydrogen) atoms. The number of halogens is 2. The molecule has 0 aliphatic heterocycles. The zero-order chi connectivity index (χ0) is 12.6. The van der Waals surface area contributed by atoms with E-state index < -0.39 is 0 Å². The van der Waals surface area contributed by atoms with Gasteiger partial charge >= 0.3 is 0 Å². The lowest BCUT2D eigenvalue weighted by molar-refractivity contribution is 0.112. The van der Waals surface area contributed by atoms with E-state index in [1.165, 1.54) is 12.1 Å². The van der Waals surface area contributed by atoms with E-state index in [1.54, 1.807) is 12.1 Å².